The van der Waals surface area contributed by atoms with E-state index in [4.69, 9.17) is 5.84 Å². The number of nitrogens with zero attached hydrogens (tertiary/aromatic N) is 1. The van der Waals surface area contributed by atoms with Gasteiger partial charge in [0.2, 0.25) is 5.91 Å². The third kappa shape index (κ3) is 1.53. The van der Waals surface area contributed by atoms with E-state index in [0.29, 0.717) is 5.92 Å². The number of hydrogen-bond donors (Lipinski definition) is 2. The highest BCUT2D eigenvalue weighted by Crippen LogP contribution is 2.55. The van der Waals surface area contributed by atoms with E-state index in [9.17, 15) is 4.79 Å². The van der Waals surface area contributed by atoms with Gasteiger partial charge in [0.25, 0.3) is 0 Å². The van der Waals surface area contributed by atoms with Crippen molar-refractivity contribution >= 4 is 5.91 Å². The largest absolute Gasteiger partial charge is 0.306 e. The Labute approximate surface area is 84.8 Å². The summed E-state index contributed by atoms with van der Waals surface area (Å²) in [5.74, 6) is 5.84. The zero-order valence-corrected chi connectivity index (χ0v) is 8.75. The molecule has 0 bridgehead atoms. The van der Waals surface area contributed by atoms with Crippen molar-refractivity contribution in [3.63, 3.8) is 0 Å². The molecule has 0 aromatic rings. The van der Waals surface area contributed by atoms with E-state index in [2.05, 4.69) is 17.4 Å². The molecule has 2 rings (SSSR count). The molecular formula is C10H19N3O. The smallest absolute Gasteiger partial charge is 0.240 e. The van der Waals surface area contributed by atoms with Crippen LogP contribution < -0.4 is 11.3 Å². The summed E-state index contributed by atoms with van der Waals surface area (Å²) >= 11 is 0. The van der Waals surface area contributed by atoms with Crippen molar-refractivity contribution in [2.75, 3.05) is 20.1 Å². The Morgan fingerprint density at radius 1 is 1.43 bits per heavy atom. The van der Waals surface area contributed by atoms with Gasteiger partial charge < -0.3 is 4.90 Å². The van der Waals surface area contributed by atoms with E-state index in [0.717, 1.165) is 38.8 Å². The second kappa shape index (κ2) is 3.51. The van der Waals surface area contributed by atoms with Gasteiger partial charge in [-0.3, -0.25) is 10.2 Å². The van der Waals surface area contributed by atoms with E-state index in [1.54, 1.807) is 0 Å². The van der Waals surface area contributed by atoms with Crippen LogP contribution in [-0.4, -0.2) is 30.9 Å². The number of likely N-dealkylation sites (tertiary alicyclic amines) is 1. The Morgan fingerprint density at radius 2 is 2.00 bits per heavy atom. The predicted octanol–water partition coefficient (Wildman–Crippen LogP) is 0.0983. The molecule has 1 heterocycles. The fraction of sp³-hybridized carbons (Fsp3) is 0.900. The molecule has 0 aromatic heterocycles. The predicted molar refractivity (Wildman–Crippen MR) is 54.2 cm³/mol. The fourth-order valence-corrected chi connectivity index (χ4v) is 2.66. The van der Waals surface area contributed by atoms with Crippen LogP contribution in [0.15, 0.2) is 0 Å². The molecule has 80 valence electrons. The minimum atomic E-state index is -0.0873. The molecule has 4 nitrogen and oxygen atoms in total. The van der Waals surface area contributed by atoms with Gasteiger partial charge in [0.05, 0.1) is 5.41 Å². The Bertz CT molecular complexity index is 230. The quantitative estimate of drug-likeness (QED) is 0.375. The van der Waals surface area contributed by atoms with Gasteiger partial charge in [-0.15, -0.1) is 0 Å². The fourth-order valence-electron chi connectivity index (χ4n) is 2.66. The monoisotopic (exact) mass is 197 g/mol. The van der Waals surface area contributed by atoms with Crippen LogP contribution in [0.4, 0.5) is 0 Å². The molecule has 4 heteroatoms. The normalized spacial score (nSPS) is 27.3. The first-order valence-electron chi connectivity index (χ1n) is 5.38. The lowest BCUT2D eigenvalue weighted by atomic mass is 9.81. The summed E-state index contributed by atoms with van der Waals surface area (Å²) in [6.07, 6.45) is 4.35. The average molecular weight is 197 g/mol. The van der Waals surface area contributed by atoms with Gasteiger partial charge in [-0.1, -0.05) is 0 Å². The van der Waals surface area contributed by atoms with E-state index in [1.165, 1.54) is 0 Å². The van der Waals surface area contributed by atoms with Crippen LogP contribution in [0.5, 0.6) is 0 Å². The first-order valence-corrected chi connectivity index (χ1v) is 5.38. The van der Waals surface area contributed by atoms with Crippen LogP contribution in [0.25, 0.3) is 0 Å². The van der Waals surface area contributed by atoms with Gasteiger partial charge in [0.1, 0.15) is 0 Å². The summed E-state index contributed by atoms with van der Waals surface area (Å²) in [6, 6.07) is 0. The highest BCUT2D eigenvalue weighted by atomic mass is 16.2. The van der Waals surface area contributed by atoms with Crippen LogP contribution in [0, 0.1) is 11.3 Å². The molecular weight excluding hydrogens is 178 g/mol. The van der Waals surface area contributed by atoms with Crippen molar-refractivity contribution in [2.45, 2.75) is 25.7 Å². The lowest BCUT2D eigenvalue weighted by Crippen LogP contribution is -2.43. The van der Waals surface area contributed by atoms with Crippen LogP contribution in [0.1, 0.15) is 25.7 Å². The lowest BCUT2D eigenvalue weighted by molar-refractivity contribution is -0.129. The molecule has 2 aliphatic rings. The molecule has 0 atom stereocenters. The number of hydrogen-bond acceptors (Lipinski definition) is 3. The second-order valence-corrected chi connectivity index (χ2v) is 4.71. The van der Waals surface area contributed by atoms with Crippen molar-refractivity contribution in [1.29, 1.82) is 0 Å². The number of nitrogens with two attached hydrogens (primary N) is 1. The van der Waals surface area contributed by atoms with E-state index < -0.39 is 0 Å². The molecule has 2 fully saturated rings. The van der Waals surface area contributed by atoms with Crippen molar-refractivity contribution in [3.05, 3.63) is 0 Å². The van der Waals surface area contributed by atoms with E-state index in [-0.39, 0.29) is 11.3 Å². The van der Waals surface area contributed by atoms with Crippen molar-refractivity contribution < 1.29 is 4.79 Å². The minimum absolute atomic E-state index is 0.0621. The van der Waals surface area contributed by atoms with E-state index in [1.807, 2.05) is 0 Å². The molecule has 0 spiro atoms. The van der Waals surface area contributed by atoms with Crippen LogP contribution in [0.2, 0.25) is 0 Å². The van der Waals surface area contributed by atoms with Gasteiger partial charge in [0.15, 0.2) is 0 Å². The number of nitrogens with one attached hydrogen (secondary N) is 1. The third-order valence-corrected chi connectivity index (χ3v) is 3.87. The Morgan fingerprint density at radius 3 is 2.43 bits per heavy atom. The molecule has 1 saturated heterocycles. The van der Waals surface area contributed by atoms with Gasteiger partial charge in [0, 0.05) is 0 Å². The number of rotatable bonds is 2. The zero-order valence-electron chi connectivity index (χ0n) is 8.75. The van der Waals surface area contributed by atoms with Gasteiger partial charge in [-0.2, -0.15) is 0 Å². The second-order valence-electron chi connectivity index (χ2n) is 4.71. The van der Waals surface area contributed by atoms with Crippen LogP contribution >= 0.6 is 0 Å². The molecule has 3 N–H and O–H groups in total. The SMILES string of the molecule is CN1CCC(C2(C(=O)NN)CC2)CC1. The summed E-state index contributed by atoms with van der Waals surface area (Å²) in [5, 5.41) is 0. The maximum Gasteiger partial charge on any atom is 0.240 e. The van der Waals surface area contributed by atoms with Crippen molar-refractivity contribution in [3.8, 4) is 0 Å². The number of amides is 1. The summed E-state index contributed by atoms with van der Waals surface area (Å²) < 4.78 is 0. The summed E-state index contributed by atoms with van der Waals surface area (Å²) in [6.45, 7) is 2.23. The first-order chi connectivity index (χ1) is 6.69. The van der Waals surface area contributed by atoms with Gasteiger partial charge in [-0.05, 0) is 51.7 Å². The zero-order chi connectivity index (χ0) is 10.2. The molecule has 0 unspecified atom stereocenters. The molecule has 14 heavy (non-hydrogen) atoms. The van der Waals surface area contributed by atoms with Crippen molar-refractivity contribution in [2.24, 2.45) is 17.2 Å². The highest BCUT2D eigenvalue weighted by Gasteiger charge is 2.55. The Kier molecular flexibility index (Phi) is 2.49. The summed E-state index contributed by atoms with van der Waals surface area (Å²) in [4.78, 5) is 14.0. The summed E-state index contributed by atoms with van der Waals surface area (Å²) in [5.41, 5.74) is 2.24. The van der Waals surface area contributed by atoms with Gasteiger partial charge >= 0.3 is 0 Å². The van der Waals surface area contributed by atoms with Crippen molar-refractivity contribution in [1.82, 2.24) is 10.3 Å². The Hall–Kier alpha value is -0.610. The molecule has 1 amide bonds. The number of hydrazine groups is 1. The van der Waals surface area contributed by atoms with E-state index >= 15 is 0 Å². The number of carbonyl (C=O) groups excluding carboxylic acids is 1. The maximum absolute atomic E-state index is 11.6. The summed E-state index contributed by atoms with van der Waals surface area (Å²) in [7, 11) is 2.14. The first kappa shape index (κ1) is 9.93. The molecule has 1 aliphatic carbocycles. The standard InChI is InChI=1S/C10H19N3O/c1-13-6-2-8(3-7-13)10(4-5-10)9(14)12-11/h8H,2-7,11H2,1H3,(H,12,14). The Balaban J connectivity index is 1.98. The maximum atomic E-state index is 11.6. The van der Waals surface area contributed by atoms with Gasteiger partial charge in [-0.25, -0.2) is 5.84 Å². The van der Waals surface area contributed by atoms with Crippen LogP contribution in [-0.2, 0) is 4.79 Å². The molecule has 1 aliphatic heterocycles. The molecule has 0 radical (unpaired) electrons. The lowest BCUT2D eigenvalue weighted by Gasteiger charge is -2.33. The molecule has 0 aromatic carbocycles. The minimum Gasteiger partial charge on any atom is -0.306 e. The number of piperidine rings is 1. The average Bonchev–Trinajstić information content (AvgIpc) is 2.99. The highest BCUT2D eigenvalue weighted by molar-refractivity contribution is 5.85. The molecule has 1 saturated carbocycles. The third-order valence-electron chi connectivity index (χ3n) is 3.87. The van der Waals surface area contributed by atoms with Crippen LogP contribution in [0.3, 0.4) is 0 Å². The number of carbonyl (C=O) groups is 1. The topological polar surface area (TPSA) is 58.4 Å².